The average molecular weight is 246 g/mol. The van der Waals surface area contributed by atoms with Crippen LogP contribution in [0.4, 0.5) is 4.39 Å². The molecule has 2 nitrogen and oxygen atoms in total. The van der Waals surface area contributed by atoms with Crippen LogP contribution in [0.15, 0.2) is 42.5 Å². The molecule has 3 heteroatoms. The van der Waals surface area contributed by atoms with Gasteiger partial charge in [-0.3, -0.25) is 0 Å². The highest BCUT2D eigenvalue weighted by Crippen LogP contribution is 2.23. The van der Waals surface area contributed by atoms with Crippen LogP contribution in [0.25, 0.3) is 0 Å². The molecule has 0 saturated heterocycles. The molecule has 0 N–H and O–H groups in total. The van der Waals surface area contributed by atoms with Gasteiger partial charge >= 0.3 is 0 Å². The molecular formula is C15H15FO2. The SMILES string of the molecule is COc1ccccc1COc1cccc(C)c1F. The van der Waals surface area contributed by atoms with Gasteiger partial charge < -0.3 is 9.47 Å². The largest absolute Gasteiger partial charge is 0.496 e. The number of aryl methyl sites for hydroxylation is 1. The zero-order chi connectivity index (χ0) is 13.0. The molecule has 0 unspecified atom stereocenters. The standard InChI is InChI=1S/C15H15FO2/c1-11-6-5-9-14(15(11)16)18-10-12-7-3-4-8-13(12)17-2/h3-9H,10H2,1-2H3. The number of hydrogen-bond acceptors (Lipinski definition) is 2. The molecule has 0 atom stereocenters. The second-order valence-corrected chi connectivity index (χ2v) is 3.99. The van der Waals surface area contributed by atoms with Crippen molar-refractivity contribution in [2.45, 2.75) is 13.5 Å². The van der Waals surface area contributed by atoms with Gasteiger partial charge in [0.05, 0.1) is 7.11 Å². The van der Waals surface area contributed by atoms with Crippen molar-refractivity contribution in [1.29, 1.82) is 0 Å². The van der Waals surface area contributed by atoms with Crippen molar-refractivity contribution in [3.8, 4) is 11.5 Å². The van der Waals surface area contributed by atoms with E-state index in [4.69, 9.17) is 9.47 Å². The van der Waals surface area contributed by atoms with E-state index in [-0.39, 0.29) is 18.2 Å². The van der Waals surface area contributed by atoms with E-state index in [1.54, 1.807) is 32.2 Å². The monoisotopic (exact) mass is 246 g/mol. The van der Waals surface area contributed by atoms with Gasteiger partial charge in [0.15, 0.2) is 11.6 Å². The molecular weight excluding hydrogens is 231 g/mol. The van der Waals surface area contributed by atoms with Crippen molar-refractivity contribution in [1.82, 2.24) is 0 Å². The first-order valence-electron chi connectivity index (χ1n) is 5.72. The molecule has 2 aromatic carbocycles. The predicted molar refractivity (Wildman–Crippen MR) is 68.5 cm³/mol. The Hall–Kier alpha value is -2.03. The Morgan fingerprint density at radius 2 is 1.72 bits per heavy atom. The zero-order valence-electron chi connectivity index (χ0n) is 10.4. The molecule has 2 rings (SSSR count). The van der Waals surface area contributed by atoms with Crippen molar-refractivity contribution in [3.05, 3.63) is 59.4 Å². The van der Waals surface area contributed by atoms with Crippen LogP contribution in [-0.4, -0.2) is 7.11 Å². The highest BCUT2D eigenvalue weighted by Gasteiger charge is 2.07. The van der Waals surface area contributed by atoms with Gasteiger partial charge in [0.2, 0.25) is 0 Å². The van der Waals surface area contributed by atoms with Crippen LogP contribution in [0.2, 0.25) is 0 Å². The van der Waals surface area contributed by atoms with E-state index in [0.717, 1.165) is 11.3 Å². The third-order valence-electron chi connectivity index (χ3n) is 2.73. The molecule has 0 aliphatic rings. The first kappa shape index (κ1) is 12.4. The van der Waals surface area contributed by atoms with Crippen molar-refractivity contribution in [2.24, 2.45) is 0 Å². The molecule has 0 radical (unpaired) electrons. The smallest absolute Gasteiger partial charge is 0.167 e. The number of rotatable bonds is 4. The maximum atomic E-state index is 13.7. The van der Waals surface area contributed by atoms with E-state index in [1.165, 1.54) is 0 Å². The van der Waals surface area contributed by atoms with Gasteiger partial charge in [-0.1, -0.05) is 30.3 Å². The summed E-state index contributed by atoms with van der Waals surface area (Å²) in [6.45, 7) is 2.00. The van der Waals surface area contributed by atoms with E-state index in [2.05, 4.69) is 0 Å². The molecule has 18 heavy (non-hydrogen) atoms. The molecule has 0 aliphatic carbocycles. The Kier molecular flexibility index (Phi) is 3.82. The molecule has 2 aromatic rings. The first-order valence-corrected chi connectivity index (χ1v) is 5.72. The van der Waals surface area contributed by atoms with Crippen LogP contribution >= 0.6 is 0 Å². The van der Waals surface area contributed by atoms with Gasteiger partial charge in [-0.25, -0.2) is 4.39 Å². The second kappa shape index (κ2) is 5.54. The molecule has 0 bridgehead atoms. The topological polar surface area (TPSA) is 18.5 Å². The first-order chi connectivity index (χ1) is 8.72. The molecule has 94 valence electrons. The lowest BCUT2D eigenvalue weighted by Crippen LogP contribution is -2.00. The van der Waals surface area contributed by atoms with E-state index >= 15 is 0 Å². The number of hydrogen-bond donors (Lipinski definition) is 0. The minimum Gasteiger partial charge on any atom is -0.496 e. The number of ether oxygens (including phenoxy) is 2. The summed E-state index contributed by atoms with van der Waals surface area (Å²) in [6, 6.07) is 12.6. The van der Waals surface area contributed by atoms with Crippen molar-refractivity contribution in [3.63, 3.8) is 0 Å². The lowest BCUT2D eigenvalue weighted by Gasteiger charge is -2.11. The third kappa shape index (κ3) is 2.62. The quantitative estimate of drug-likeness (QED) is 0.818. The van der Waals surface area contributed by atoms with Gasteiger partial charge in [-0.2, -0.15) is 0 Å². The highest BCUT2D eigenvalue weighted by molar-refractivity contribution is 5.34. The summed E-state index contributed by atoms with van der Waals surface area (Å²) in [5.74, 6) is 0.693. The normalized spacial score (nSPS) is 10.2. The summed E-state index contributed by atoms with van der Waals surface area (Å²) in [5.41, 5.74) is 1.47. The van der Waals surface area contributed by atoms with E-state index in [0.29, 0.717) is 5.56 Å². The Morgan fingerprint density at radius 1 is 1.00 bits per heavy atom. The fraction of sp³-hybridized carbons (Fsp3) is 0.200. The van der Waals surface area contributed by atoms with Gasteiger partial charge in [0, 0.05) is 5.56 Å². The number of para-hydroxylation sites is 1. The summed E-state index contributed by atoms with van der Waals surface area (Å²) < 4.78 is 24.4. The van der Waals surface area contributed by atoms with Crippen LogP contribution in [0, 0.1) is 12.7 Å². The van der Waals surface area contributed by atoms with Crippen molar-refractivity contribution < 1.29 is 13.9 Å². The van der Waals surface area contributed by atoms with Gasteiger partial charge in [-0.05, 0) is 24.6 Å². The molecule has 0 aliphatic heterocycles. The molecule has 0 heterocycles. The third-order valence-corrected chi connectivity index (χ3v) is 2.73. The Labute approximate surface area is 106 Å². The van der Waals surface area contributed by atoms with Crippen LogP contribution in [0.1, 0.15) is 11.1 Å². The summed E-state index contributed by atoms with van der Waals surface area (Å²) in [6.07, 6.45) is 0. The molecule has 0 aromatic heterocycles. The maximum Gasteiger partial charge on any atom is 0.167 e. The fourth-order valence-corrected chi connectivity index (χ4v) is 1.71. The Balaban J connectivity index is 2.14. The summed E-state index contributed by atoms with van der Waals surface area (Å²) in [4.78, 5) is 0. The van der Waals surface area contributed by atoms with Crippen LogP contribution in [0.3, 0.4) is 0 Å². The fourth-order valence-electron chi connectivity index (χ4n) is 1.71. The average Bonchev–Trinajstić information content (AvgIpc) is 2.41. The molecule has 0 fully saturated rings. The lowest BCUT2D eigenvalue weighted by molar-refractivity contribution is 0.282. The van der Waals surface area contributed by atoms with Crippen LogP contribution in [0.5, 0.6) is 11.5 Å². The minimum atomic E-state index is -0.313. The highest BCUT2D eigenvalue weighted by atomic mass is 19.1. The predicted octanol–water partition coefficient (Wildman–Crippen LogP) is 3.72. The minimum absolute atomic E-state index is 0.265. The van der Waals surface area contributed by atoms with Gasteiger partial charge in [-0.15, -0.1) is 0 Å². The summed E-state index contributed by atoms with van der Waals surface area (Å²) in [7, 11) is 1.60. The Bertz CT molecular complexity index is 538. The van der Waals surface area contributed by atoms with Crippen LogP contribution < -0.4 is 9.47 Å². The molecule has 0 spiro atoms. The van der Waals surface area contributed by atoms with Crippen molar-refractivity contribution >= 4 is 0 Å². The second-order valence-electron chi connectivity index (χ2n) is 3.99. The molecule has 0 saturated carbocycles. The van der Waals surface area contributed by atoms with E-state index in [1.807, 2.05) is 24.3 Å². The molecule has 0 amide bonds. The number of halogens is 1. The summed E-state index contributed by atoms with van der Waals surface area (Å²) in [5, 5.41) is 0. The maximum absolute atomic E-state index is 13.7. The van der Waals surface area contributed by atoms with Gasteiger partial charge in [0.1, 0.15) is 12.4 Å². The zero-order valence-corrected chi connectivity index (χ0v) is 10.4. The Morgan fingerprint density at radius 3 is 2.50 bits per heavy atom. The summed E-state index contributed by atoms with van der Waals surface area (Å²) >= 11 is 0. The van der Waals surface area contributed by atoms with Crippen LogP contribution in [-0.2, 0) is 6.61 Å². The van der Waals surface area contributed by atoms with Crippen molar-refractivity contribution in [2.75, 3.05) is 7.11 Å². The van der Waals surface area contributed by atoms with Gasteiger partial charge in [0.25, 0.3) is 0 Å². The van der Waals surface area contributed by atoms with E-state index in [9.17, 15) is 4.39 Å². The lowest BCUT2D eigenvalue weighted by atomic mass is 10.2. The van der Waals surface area contributed by atoms with E-state index < -0.39 is 0 Å². The number of methoxy groups -OCH3 is 1. The number of benzene rings is 2.